The molecule has 0 aromatic heterocycles. The summed E-state index contributed by atoms with van der Waals surface area (Å²) in [5.74, 6) is -0.372. The molecule has 0 bridgehead atoms. The minimum Gasteiger partial charge on any atom is -0.481 e. The van der Waals surface area contributed by atoms with E-state index < -0.39 is 5.97 Å². The van der Waals surface area contributed by atoms with E-state index in [4.69, 9.17) is 5.11 Å². The van der Waals surface area contributed by atoms with Gasteiger partial charge in [-0.3, -0.25) is 4.79 Å². The first kappa shape index (κ1) is 9.52. The van der Waals surface area contributed by atoms with E-state index in [0.717, 1.165) is 13.0 Å². The highest BCUT2D eigenvalue weighted by molar-refractivity contribution is 5.67. The van der Waals surface area contributed by atoms with Crippen LogP contribution >= 0.6 is 0 Å². The third kappa shape index (κ3) is 1.61. The van der Waals surface area contributed by atoms with Crippen molar-refractivity contribution >= 4 is 5.97 Å². The van der Waals surface area contributed by atoms with Crippen molar-refractivity contribution in [3.05, 3.63) is 0 Å². The Balaban J connectivity index is 2.62. The van der Waals surface area contributed by atoms with Crippen LogP contribution in [0.5, 0.6) is 0 Å². The number of nitrogens with zero attached hydrogens (tertiary/aromatic N) is 1. The van der Waals surface area contributed by atoms with Crippen molar-refractivity contribution in [1.29, 1.82) is 0 Å². The largest absolute Gasteiger partial charge is 0.481 e. The molecule has 1 unspecified atom stereocenters. The summed E-state index contributed by atoms with van der Waals surface area (Å²) < 4.78 is 0. The Labute approximate surface area is 73.4 Å². The molecule has 1 N–H and O–H groups in total. The zero-order valence-corrected chi connectivity index (χ0v) is 8.00. The lowest BCUT2D eigenvalue weighted by atomic mass is 9.86. The SMILES string of the molecule is CN1CCC(CC(=O)O)C1(C)C. The second kappa shape index (κ2) is 3.05. The molecule has 0 aliphatic carbocycles. The number of carboxylic acid groups (broad SMARTS) is 1. The predicted molar refractivity (Wildman–Crippen MR) is 47.1 cm³/mol. The molecule has 3 heteroatoms. The van der Waals surface area contributed by atoms with E-state index in [1.807, 2.05) is 0 Å². The summed E-state index contributed by atoms with van der Waals surface area (Å²) in [4.78, 5) is 12.8. The van der Waals surface area contributed by atoms with Gasteiger partial charge in [-0.2, -0.15) is 0 Å². The molecule has 1 aliphatic rings. The highest BCUT2D eigenvalue weighted by Crippen LogP contribution is 2.35. The van der Waals surface area contributed by atoms with Gasteiger partial charge in [0.05, 0.1) is 0 Å². The van der Waals surface area contributed by atoms with Crippen LogP contribution < -0.4 is 0 Å². The van der Waals surface area contributed by atoms with Crippen LogP contribution in [0.2, 0.25) is 0 Å². The van der Waals surface area contributed by atoms with Gasteiger partial charge in [0.2, 0.25) is 0 Å². The molecule has 3 nitrogen and oxygen atoms in total. The molecule has 1 saturated heterocycles. The molecule has 1 atom stereocenters. The molecule has 0 radical (unpaired) electrons. The van der Waals surface area contributed by atoms with E-state index in [1.165, 1.54) is 0 Å². The minimum absolute atomic E-state index is 0.0540. The quantitative estimate of drug-likeness (QED) is 0.678. The normalized spacial score (nSPS) is 29.1. The Morgan fingerprint density at radius 3 is 2.58 bits per heavy atom. The Morgan fingerprint density at radius 1 is 1.67 bits per heavy atom. The van der Waals surface area contributed by atoms with Crippen molar-refractivity contribution in [2.24, 2.45) is 5.92 Å². The maximum Gasteiger partial charge on any atom is 0.303 e. The molecule has 0 aromatic rings. The average molecular weight is 171 g/mol. The number of likely N-dealkylation sites (tertiary alicyclic amines) is 1. The first-order valence-corrected chi connectivity index (χ1v) is 4.37. The summed E-state index contributed by atoms with van der Waals surface area (Å²) in [6.45, 7) is 5.26. The number of carboxylic acids is 1. The van der Waals surface area contributed by atoms with Crippen LogP contribution in [0.3, 0.4) is 0 Å². The van der Waals surface area contributed by atoms with Crippen LogP contribution in [0.4, 0.5) is 0 Å². The fourth-order valence-corrected chi connectivity index (χ4v) is 1.87. The van der Waals surface area contributed by atoms with Crippen molar-refractivity contribution in [3.8, 4) is 0 Å². The van der Waals surface area contributed by atoms with E-state index in [-0.39, 0.29) is 5.54 Å². The van der Waals surface area contributed by atoms with Crippen LogP contribution in [0.25, 0.3) is 0 Å². The maximum atomic E-state index is 10.5. The van der Waals surface area contributed by atoms with Gasteiger partial charge in [0.1, 0.15) is 0 Å². The monoisotopic (exact) mass is 171 g/mol. The Kier molecular flexibility index (Phi) is 2.42. The molecular weight excluding hydrogens is 154 g/mol. The van der Waals surface area contributed by atoms with Crippen molar-refractivity contribution in [3.63, 3.8) is 0 Å². The van der Waals surface area contributed by atoms with Gasteiger partial charge < -0.3 is 10.0 Å². The van der Waals surface area contributed by atoms with E-state index >= 15 is 0 Å². The van der Waals surface area contributed by atoms with Gasteiger partial charge >= 0.3 is 5.97 Å². The lowest BCUT2D eigenvalue weighted by molar-refractivity contribution is -0.138. The van der Waals surface area contributed by atoms with Gasteiger partial charge in [-0.25, -0.2) is 0 Å². The Morgan fingerprint density at radius 2 is 2.25 bits per heavy atom. The number of carbonyl (C=O) groups is 1. The molecule has 0 aromatic carbocycles. The molecular formula is C9H17NO2. The highest BCUT2D eigenvalue weighted by atomic mass is 16.4. The number of aliphatic carboxylic acids is 1. The predicted octanol–water partition coefficient (Wildman–Crippen LogP) is 1.19. The summed E-state index contributed by atoms with van der Waals surface area (Å²) >= 11 is 0. The van der Waals surface area contributed by atoms with Crippen LogP contribution in [-0.2, 0) is 4.79 Å². The number of hydrogen-bond acceptors (Lipinski definition) is 2. The molecule has 0 spiro atoms. The highest BCUT2D eigenvalue weighted by Gasteiger charge is 2.39. The Bertz CT molecular complexity index is 189. The average Bonchev–Trinajstić information content (AvgIpc) is 2.15. The topological polar surface area (TPSA) is 40.5 Å². The molecule has 1 fully saturated rings. The molecule has 0 amide bonds. The zero-order valence-electron chi connectivity index (χ0n) is 8.00. The molecule has 12 heavy (non-hydrogen) atoms. The zero-order chi connectivity index (χ0) is 9.35. The molecule has 0 saturated carbocycles. The third-order valence-corrected chi connectivity index (χ3v) is 3.22. The molecule has 1 heterocycles. The van der Waals surface area contributed by atoms with Crippen LogP contribution in [0, 0.1) is 5.92 Å². The Hall–Kier alpha value is -0.570. The van der Waals surface area contributed by atoms with E-state index in [9.17, 15) is 4.79 Å². The first-order valence-electron chi connectivity index (χ1n) is 4.37. The standard InChI is InChI=1S/C9H17NO2/c1-9(2)7(6-8(11)12)4-5-10(9)3/h7H,4-6H2,1-3H3,(H,11,12). The van der Waals surface area contributed by atoms with E-state index in [1.54, 1.807) is 0 Å². The van der Waals surface area contributed by atoms with Gasteiger partial charge in [-0.1, -0.05) is 0 Å². The van der Waals surface area contributed by atoms with Crippen LogP contribution in [0.15, 0.2) is 0 Å². The van der Waals surface area contributed by atoms with Crippen LogP contribution in [0.1, 0.15) is 26.7 Å². The lowest BCUT2D eigenvalue weighted by Crippen LogP contribution is -2.40. The molecule has 70 valence electrons. The molecule has 1 aliphatic heterocycles. The van der Waals surface area contributed by atoms with Crippen molar-refractivity contribution in [2.75, 3.05) is 13.6 Å². The fraction of sp³-hybridized carbons (Fsp3) is 0.889. The van der Waals surface area contributed by atoms with E-state index in [0.29, 0.717) is 12.3 Å². The number of hydrogen-bond donors (Lipinski definition) is 1. The van der Waals surface area contributed by atoms with Crippen molar-refractivity contribution < 1.29 is 9.90 Å². The fourth-order valence-electron chi connectivity index (χ4n) is 1.87. The summed E-state index contributed by atoms with van der Waals surface area (Å²) in [6, 6.07) is 0. The minimum atomic E-state index is -0.677. The van der Waals surface area contributed by atoms with E-state index in [2.05, 4.69) is 25.8 Å². The van der Waals surface area contributed by atoms with Crippen molar-refractivity contribution in [1.82, 2.24) is 4.90 Å². The van der Waals surface area contributed by atoms with Gasteiger partial charge in [0.15, 0.2) is 0 Å². The second-order valence-electron chi connectivity index (χ2n) is 4.16. The van der Waals surface area contributed by atoms with Crippen molar-refractivity contribution in [2.45, 2.75) is 32.2 Å². The summed E-state index contributed by atoms with van der Waals surface area (Å²) in [5.41, 5.74) is 0.0540. The van der Waals surface area contributed by atoms with Crippen LogP contribution in [-0.4, -0.2) is 35.1 Å². The van der Waals surface area contributed by atoms with Gasteiger partial charge in [-0.15, -0.1) is 0 Å². The van der Waals surface area contributed by atoms with Gasteiger partial charge in [0, 0.05) is 12.0 Å². The first-order chi connectivity index (χ1) is 5.44. The summed E-state index contributed by atoms with van der Waals surface area (Å²) in [6.07, 6.45) is 1.31. The third-order valence-electron chi connectivity index (χ3n) is 3.22. The van der Waals surface area contributed by atoms with Gasteiger partial charge in [0.25, 0.3) is 0 Å². The second-order valence-corrected chi connectivity index (χ2v) is 4.16. The summed E-state index contributed by atoms with van der Waals surface area (Å²) in [5, 5.41) is 8.67. The smallest absolute Gasteiger partial charge is 0.303 e. The lowest BCUT2D eigenvalue weighted by Gasteiger charge is -2.32. The van der Waals surface area contributed by atoms with Gasteiger partial charge in [-0.05, 0) is 39.8 Å². The number of rotatable bonds is 2. The maximum absolute atomic E-state index is 10.5. The molecule has 1 rings (SSSR count). The summed E-state index contributed by atoms with van der Waals surface area (Å²) in [7, 11) is 2.06.